The van der Waals surface area contributed by atoms with Crippen molar-refractivity contribution >= 4 is 0 Å². The zero-order chi connectivity index (χ0) is 13.1. The molecule has 1 aliphatic rings. The maximum absolute atomic E-state index is 9.47. The summed E-state index contributed by atoms with van der Waals surface area (Å²) in [4.78, 5) is 0. The topological polar surface area (TPSA) is 32.3 Å². The third kappa shape index (κ3) is 7.38. The second kappa shape index (κ2) is 10.8. The number of hydrogen-bond donors (Lipinski definition) is 2. The standard InChI is InChI=1S/C16H33NO/c1-2-3-4-5-10-13-16(14-18)17-15-11-8-6-7-9-12-15/h15-18H,2-14H2,1H3. The Labute approximate surface area is 114 Å². The number of aliphatic hydroxyl groups is 1. The summed E-state index contributed by atoms with van der Waals surface area (Å²) in [6.45, 7) is 2.56. The van der Waals surface area contributed by atoms with Crippen LogP contribution in [0.25, 0.3) is 0 Å². The van der Waals surface area contributed by atoms with Crippen LogP contribution in [0.4, 0.5) is 0 Å². The van der Waals surface area contributed by atoms with E-state index >= 15 is 0 Å². The van der Waals surface area contributed by atoms with Crippen molar-refractivity contribution in [3.8, 4) is 0 Å². The van der Waals surface area contributed by atoms with E-state index in [1.807, 2.05) is 0 Å². The highest BCUT2D eigenvalue weighted by atomic mass is 16.3. The summed E-state index contributed by atoms with van der Waals surface area (Å²) in [5.41, 5.74) is 0. The normalized spacial score (nSPS) is 19.7. The van der Waals surface area contributed by atoms with Crippen molar-refractivity contribution in [1.82, 2.24) is 5.32 Å². The van der Waals surface area contributed by atoms with Gasteiger partial charge in [-0.15, -0.1) is 0 Å². The minimum Gasteiger partial charge on any atom is -0.395 e. The molecule has 0 bridgehead atoms. The molecular formula is C16H33NO. The predicted molar refractivity (Wildman–Crippen MR) is 78.9 cm³/mol. The molecule has 2 N–H and O–H groups in total. The van der Waals surface area contributed by atoms with Gasteiger partial charge in [0.05, 0.1) is 6.61 Å². The first kappa shape index (κ1) is 16.0. The Morgan fingerprint density at radius 1 is 1.00 bits per heavy atom. The van der Waals surface area contributed by atoms with Crippen LogP contribution in [-0.4, -0.2) is 23.8 Å². The second-order valence-corrected chi connectivity index (χ2v) is 5.94. The molecule has 0 spiro atoms. The molecule has 0 radical (unpaired) electrons. The Morgan fingerprint density at radius 3 is 2.28 bits per heavy atom. The average Bonchev–Trinajstić information content (AvgIpc) is 2.65. The van der Waals surface area contributed by atoms with E-state index in [1.165, 1.54) is 70.6 Å². The van der Waals surface area contributed by atoms with E-state index in [0.29, 0.717) is 18.7 Å². The first-order valence-electron chi connectivity index (χ1n) is 8.23. The van der Waals surface area contributed by atoms with Gasteiger partial charge in [0, 0.05) is 12.1 Å². The van der Waals surface area contributed by atoms with Gasteiger partial charge in [-0.1, -0.05) is 64.7 Å². The summed E-state index contributed by atoms with van der Waals surface area (Å²) in [6, 6.07) is 1.01. The highest BCUT2D eigenvalue weighted by molar-refractivity contribution is 4.76. The average molecular weight is 255 g/mol. The SMILES string of the molecule is CCCCCCCC(CO)NC1CCCCCC1. The molecule has 1 atom stereocenters. The number of hydrogen-bond acceptors (Lipinski definition) is 2. The molecule has 2 nitrogen and oxygen atoms in total. The molecule has 1 fully saturated rings. The van der Waals surface area contributed by atoms with Crippen LogP contribution in [0, 0.1) is 0 Å². The number of aliphatic hydroxyl groups excluding tert-OH is 1. The molecule has 1 unspecified atom stereocenters. The molecule has 0 aliphatic heterocycles. The highest BCUT2D eigenvalue weighted by Crippen LogP contribution is 2.18. The van der Waals surface area contributed by atoms with Gasteiger partial charge in [-0.3, -0.25) is 0 Å². The monoisotopic (exact) mass is 255 g/mol. The van der Waals surface area contributed by atoms with Crippen LogP contribution >= 0.6 is 0 Å². The third-order valence-corrected chi connectivity index (χ3v) is 4.20. The van der Waals surface area contributed by atoms with E-state index in [4.69, 9.17) is 0 Å². The molecule has 18 heavy (non-hydrogen) atoms. The van der Waals surface area contributed by atoms with Crippen molar-refractivity contribution in [3.05, 3.63) is 0 Å². The quantitative estimate of drug-likeness (QED) is 0.482. The van der Waals surface area contributed by atoms with Gasteiger partial charge in [-0.2, -0.15) is 0 Å². The lowest BCUT2D eigenvalue weighted by Gasteiger charge is -2.23. The molecule has 1 rings (SSSR count). The van der Waals surface area contributed by atoms with Crippen molar-refractivity contribution in [3.63, 3.8) is 0 Å². The summed E-state index contributed by atoms with van der Waals surface area (Å²) >= 11 is 0. The van der Waals surface area contributed by atoms with Crippen LogP contribution < -0.4 is 5.32 Å². The van der Waals surface area contributed by atoms with Crippen molar-refractivity contribution < 1.29 is 5.11 Å². The van der Waals surface area contributed by atoms with Crippen molar-refractivity contribution in [2.24, 2.45) is 0 Å². The summed E-state index contributed by atoms with van der Waals surface area (Å²) in [5.74, 6) is 0. The lowest BCUT2D eigenvalue weighted by atomic mass is 10.0. The fraction of sp³-hybridized carbons (Fsp3) is 1.00. The van der Waals surface area contributed by atoms with Crippen molar-refractivity contribution in [1.29, 1.82) is 0 Å². The van der Waals surface area contributed by atoms with E-state index < -0.39 is 0 Å². The van der Waals surface area contributed by atoms with Gasteiger partial charge < -0.3 is 10.4 Å². The summed E-state index contributed by atoms with van der Waals surface area (Å²) in [6.07, 6.45) is 15.9. The van der Waals surface area contributed by atoms with Crippen LogP contribution in [0.2, 0.25) is 0 Å². The van der Waals surface area contributed by atoms with Crippen molar-refractivity contribution in [2.45, 2.75) is 96.1 Å². The van der Waals surface area contributed by atoms with Crippen LogP contribution in [0.5, 0.6) is 0 Å². The lowest BCUT2D eigenvalue weighted by molar-refractivity contribution is 0.216. The minimum atomic E-state index is 0.310. The second-order valence-electron chi connectivity index (χ2n) is 5.94. The van der Waals surface area contributed by atoms with Gasteiger partial charge in [0.25, 0.3) is 0 Å². The molecule has 0 aromatic heterocycles. The van der Waals surface area contributed by atoms with E-state index in [0.717, 1.165) is 6.42 Å². The van der Waals surface area contributed by atoms with Gasteiger partial charge >= 0.3 is 0 Å². The first-order chi connectivity index (χ1) is 8.86. The van der Waals surface area contributed by atoms with Gasteiger partial charge in [0.15, 0.2) is 0 Å². The predicted octanol–water partition coefficient (Wildman–Crippen LogP) is 4.02. The number of unbranched alkanes of at least 4 members (excludes halogenated alkanes) is 4. The zero-order valence-electron chi connectivity index (χ0n) is 12.3. The molecule has 0 aromatic rings. The first-order valence-corrected chi connectivity index (χ1v) is 8.23. The summed E-state index contributed by atoms with van der Waals surface area (Å²) in [7, 11) is 0. The van der Waals surface area contributed by atoms with Gasteiger partial charge in [-0.05, 0) is 19.3 Å². The Balaban J connectivity index is 2.11. The molecule has 0 amide bonds. The fourth-order valence-electron chi connectivity index (χ4n) is 3.00. The minimum absolute atomic E-state index is 0.310. The Bertz CT molecular complexity index is 176. The lowest BCUT2D eigenvalue weighted by Crippen LogP contribution is -2.40. The fourth-order valence-corrected chi connectivity index (χ4v) is 3.00. The molecule has 0 heterocycles. The Hall–Kier alpha value is -0.0800. The van der Waals surface area contributed by atoms with Crippen LogP contribution in [0.1, 0.15) is 84.0 Å². The van der Waals surface area contributed by atoms with E-state index in [-0.39, 0.29) is 0 Å². The highest BCUT2D eigenvalue weighted by Gasteiger charge is 2.16. The molecular weight excluding hydrogens is 222 g/mol. The van der Waals surface area contributed by atoms with E-state index in [2.05, 4.69) is 12.2 Å². The molecule has 0 aromatic carbocycles. The largest absolute Gasteiger partial charge is 0.395 e. The Kier molecular flexibility index (Phi) is 9.59. The maximum Gasteiger partial charge on any atom is 0.0584 e. The van der Waals surface area contributed by atoms with Crippen LogP contribution in [0.3, 0.4) is 0 Å². The molecule has 108 valence electrons. The summed E-state index contributed by atoms with van der Waals surface area (Å²) < 4.78 is 0. The zero-order valence-corrected chi connectivity index (χ0v) is 12.3. The van der Waals surface area contributed by atoms with Crippen LogP contribution in [-0.2, 0) is 0 Å². The Morgan fingerprint density at radius 2 is 1.67 bits per heavy atom. The third-order valence-electron chi connectivity index (χ3n) is 4.20. The van der Waals surface area contributed by atoms with E-state index in [1.54, 1.807) is 0 Å². The molecule has 1 aliphatic carbocycles. The molecule has 1 saturated carbocycles. The van der Waals surface area contributed by atoms with Gasteiger partial charge in [0.2, 0.25) is 0 Å². The number of rotatable bonds is 9. The van der Waals surface area contributed by atoms with E-state index in [9.17, 15) is 5.11 Å². The molecule has 2 heteroatoms. The maximum atomic E-state index is 9.47. The summed E-state index contributed by atoms with van der Waals surface area (Å²) in [5, 5.41) is 13.2. The van der Waals surface area contributed by atoms with Crippen LogP contribution in [0.15, 0.2) is 0 Å². The van der Waals surface area contributed by atoms with Gasteiger partial charge in [-0.25, -0.2) is 0 Å². The molecule has 0 saturated heterocycles. The van der Waals surface area contributed by atoms with Crippen molar-refractivity contribution in [2.75, 3.05) is 6.61 Å². The number of nitrogens with one attached hydrogen (secondary N) is 1. The van der Waals surface area contributed by atoms with Gasteiger partial charge in [0.1, 0.15) is 0 Å². The smallest absolute Gasteiger partial charge is 0.0584 e.